The number of carbonyl (C=O) groups is 2. The van der Waals surface area contributed by atoms with Crippen molar-refractivity contribution in [1.29, 1.82) is 0 Å². The zero-order valence-electron chi connectivity index (χ0n) is 17.9. The lowest BCUT2D eigenvalue weighted by Gasteiger charge is -2.21. The zero-order valence-corrected chi connectivity index (χ0v) is 18.7. The number of alkyl halides is 1. The number of amides is 1. The summed E-state index contributed by atoms with van der Waals surface area (Å²) in [5.41, 5.74) is 2.50. The molecule has 0 bridgehead atoms. The van der Waals surface area contributed by atoms with Crippen LogP contribution in [0.25, 0.3) is 10.9 Å². The molecule has 0 aliphatic heterocycles. The Balaban J connectivity index is 2.03. The molecule has 0 saturated heterocycles. The van der Waals surface area contributed by atoms with Crippen molar-refractivity contribution in [2.45, 2.75) is 44.8 Å². The van der Waals surface area contributed by atoms with E-state index in [-0.39, 0.29) is 18.6 Å². The normalized spacial score (nSPS) is 12.2. The quantitative estimate of drug-likeness (QED) is 0.397. The molecule has 2 aromatic rings. The van der Waals surface area contributed by atoms with Gasteiger partial charge in [-0.15, -0.1) is 11.8 Å². The summed E-state index contributed by atoms with van der Waals surface area (Å²) in [6, 6.07) is 5.39. The summed E-state index contributed by atoms with van der Waals surface area (Å²) in [5, 5.41) is 11.3. The number of aryl methyl sites for hydroxylation is 1. The predicted octanol–water partition coefficient (Wildman–Crippen LogP) is 3.52. The number of carboxylic acids is 1. The SMILES string of the molecule is CCC(F)COC(=O)NN(CC)CCSc1ccc2c(c1)c(=O)c(C(=O)O)cn2CC. The van der Waals surface area contributed by atoms with Crippen LogP contribution in [0.2, 0.25) is 0 Å². The molecule has 170 valence electrons. The van der Waals surface area contributed by atoms with Crippen LogP contribution in [-0.2, 0) is 11.3 Å². The van der Waals surface area contributed by atoms with E-state index < -0.39 is 23.7 Å². The lowest BCUT2D eigenvalue weighted by Crippen LogP contribution is -2.44. The van der Waals surface area contributed by atoms with Gasteiger partial charge in [0.05, 0.1) is 5.52 Å². The number of halogens is 1. The number of nitrogens with one attached hydrogen (secondary N) is 1. The standard InChI is InChI=1S/C21H28FN3O5S/c1-4-14(22)13-30-21(29)23-25(6-3)9-10-31-15-7-8-18-16(11-15)19(26)17(20(27)28)12-24(18)5-2/h7-8,11-12,14H,4-6,9-10,13H2,1-3H3,(H,23,29)(H,27,28). The Morgan fingerprint density at radius 1 is 1.32 bits per heavy atom. The topological polar surface area (TPSA) is 101 Å². The minimum atomic E-state index is -1.25. The first-order valence-electron chi connectivity index (χ1n) is 10.2. The second kappa shape index (κ2) is 11.7. The van der Waals surface area contributed by atoms with E-state index in [0.29, 0.717) is 36.3 Å². The number of hydrogen-bond donors (Lipinski definition) is 2. The number of nitrogens with zero attached hydrogens (tertiary/aromatic N) is 2. The van der Waals surface area contributed by atoms with Crippen LogP contribution in [-0.4, -0.2) is 58.4 Å². The van der Waals surface area contributed by atoms with Gasteiger partial charge in [-0.3, -0.25) is 10.2 Å². The van der Waals surface area contributed by atoms with Gasteiger partial charge in [0.15, 0.2) is 0 Å². The number of aromatic nitrogens is 1. The number of ether oxygens (including phenoxy) is 1. The van der Waals surface area contributed by atoms with Crippen LogP contribution in [0.1, 0.15) is 37.6 Å². The Hall–Kier alpha value is -2.59. The van der Waals surface area contributed by atoms with Gasteiger partial charge in [-0.05, 0) is 31.5 Å². The molecular weight excluding hydrogens is 425 g/mol. The summed E-state index contributed by atoms with van der Waals surface area (Å²) in [6.07, 6.45) is -0.224. The van der Waals surface area contributed by atoms with Crippen molar-refractivity contribution in [3.05, 3.63) is 40.2 Å². The highest BCUT2D eigenvalue weighted by molar-refractivity contribution is 7.99. The molecular formula is C21H28FN3O5S. The number of carbonyl (C=O) groups excluding carboxylic acids is 1. The van der Waals surface area contributed by atoms with Crippen LogP contribution in [0, 0.1) is 0 Å². The molecule has 1 unspecified atom stereocenters. The van der Waals surface area contributed by atoms with Crippen LogP contribution in [0.5, 0.6) is 0 Å². The highest BCUT2D eigenvalue weighted by Crippen LogP contribution is 2.23. The molecule has 31 heavy (non-hydrogen) atoms. The van der Waals surface area contributed by atoms with Crippen molar-refractivity contribution < 1.29 is 23.8 Å². The summed E-state index contributed by atoms with van der Waals surface area (Å²) in [6.45, 7) is 6.71. The molecule has 1 heterocycles. The molecule has 0 spiro atoms. The molecule has 2 N–H and O–H groups in total. The summed E-state index contributed by atoms with van der Waals surface area (Å²) >= 11 is 1.47. The number of carboxylic acid groups (broad SMARTS) is 1. The molecule has 1 amide bonds. The third-order valence-electron chi connectivity index (χ3n) is 4.72. The highest BCUT2D eigenvalue weighted by Gasteiger charge is 2.15. The molecule has 1 aromatic heterocycles. The van der Waals surface area contributed by atoms with Gasteiger partial charge in [0.25, 0.3) is 0 Å². The number of hydrazine groups is 1. The van der Waals surface area contributed by atoms with E-state index in [1.807, 2.05) is 26.0 Å². The van der Waals surface area contributed by atoms with Gasteiger partial charge in [-0.25, -0.2) is 19.0 Å². The molecule has 0 aliphatic rings. The lowest BCUT2D eigenvalue weighted by atomic mass is 10.1. The number of benzene rings is 1. The first-order valence-corrected chi connectivity index (χ1v) is 11.1. The third-order valence-corrected chi connectivity index (χ3v) is 5.70. The second-order valence-corrected chi connectivity index (χ2v) is 7.95. The van der Waals surface area contributed by atoms with Crippen molar-refractivity contribution in [1.82, 2.24) is 15.0 Å². The van der Waals surface area contributed by atoms with Crippen LogP contribution < -0.4 is 10.9 Å². The van der Waals surface area contributed by atoms with Crippen molar-refractivity contribution in [3.8, 4) is 0 Å². The van der Waals surface area contributed by atoms with Gasteiger partial charge in [0.1, 0.15) is 18.3 Å². The molecule has 0 saturated carbocycles. The van der Waals surface area contributed by atoms with Gasteiger partial charge in [0.2, 0.25) is 5.43 Å². The Morgan fingerprint density at radius 3 is 2.68 bits per heavy atom. The fourth-order valence-corrected chi connectivity index (χ4v) is 3.81. The van der Waals surface area contributed by atoms with Gasteiger partial charge < -0.3 is 14.4 Å². The van der Waals surface area contributed by atoms with Crippen LogP contribution in [0.15, 0.2) is 34.1 Å². The van der Waals surface area contributed by atoms with E-state index in [4.69, 9.17) is 4.74 Å². The largest absolute Gasteiger partial charge is 0.477 e. The molecule has 2 rings (SSSR count). The summed E-state index contributed by atoms with van der Waals surface area (Å²) < 4.78 is 19.8. The average Bonchev–Trinajstić information content (AvgIpc) is 2.76. The molecule has 10 heteroatoms. The molecule has 0 aliphatic carbocycles. The minimum Gasteiger partial charge on any atom is -0.477 e. The zero-order chi connectivity index (χ0) is 23.0. The third kappa shape index (κ3) is 6.70. The van der Waals surface area contributed by atoms with E-state index in [1.54, 1.807) is 22.6 Å². The Kier molecular flexibility index (Phi) is 9.32. The number of hydrogen-bond acceptors (Lipinski definition) is 6. The van der Waals surface area contributed by atoms with Crippen molar-refractivity contribution in [2.24, 2.45) is 0 Å². The second-order valence-electron chi connectivity index (χ2n) is 6.79. The van der Waals surface area contributed by atoms with E-state index in [1.165, 1.54) is 18.0 Å². The van der Waals surface area contributed by atoms with Crippen LogP contribution >= 0.6 is 11.8 Å². The average molecular weight is 454 g/mol. The van der Waals surface area contributed by atoms with Crippen LogP contribution in [0.3, 0.4) is 0 Å². The van der Waals surface area contributed by atoms with Gasteiger partial charge in [-0.2, -0.15) is 0 Å². The number of aromatic carboxylic acids is 1. The number of fused-ring (bicyclic) bond motifs is 1. The predicted molar refractivity (Wildman–Crippen MR) is 118 cm³/mol. The van der Waals surface area contributed by atoms with Gasteiger partial charge in [-0.1, -0.05) is 13.8 Å². The molecule has 1 atom stereocenters. The molecule has 0 fully saturated rings. The van der Waals surface area contributed by atoms with Gasteiger partial charge in [0, 0.05) is 41.9 Å². The molecule has 8 nitrogen and oxygen atoms in total. The van der Waals surface area contributed by atoms with E-state index in [0.717, 1.165) is 4.90 Å². The Labute approximate surface area is 184 Å². The summed E-state index contributed by atoms with van der Waals surface area (Å²) in [7, 11) is 0. The monoisotopic (exact) mass is 453 g/mol. The molecule has 0 radical (unpaired) electrons. The van der Waals surface area contributed by atoms with Crippen molar-refractivity contribution >= 4 is 34.7 Å². The van der Waals surface area contributed by atoms with Gasteiger partial charge >= 0.3 is 12.1 Å². The summed E-state index contributed by atoms with van der Waals surface area (Å²) in [4.78, 5) is 36.5. The maximum atomic E-state index is 13.2. The first-order chi connectivity index (χ1) is 14.8. The summed E-state index contributed by atoms with van der Waals surface area (Å²) in [5.74, 6) is -0.650. The van der Waals surface area contributed by atoms with Crippen LogP contribution in [0.4, 0.5) is 9.18 Å². The number of pyridine rings is 1. The number of thioether (sulfide) groups is 1. The lowest BCUT2D eigenvalue weighted by molar-refractivity contribution is 0.0694. The highest BCUT2D eigenvalue weighted by atomic mass is 32.2. The fourth-order valence-electron chi connectivity index (χ4n) is 2.89. The van der Waals surface area contributed by atoms with Crippen molar-refractivity contribution in [3.63, 3.8) is 0 Å². The molecule has 1 aromatic carbocycles. The van der Waals surface area contributed by atoms with Crippen molar-refractivity contribution in [2.75, 3.05) is 25.4 Å². The Bertz CT molecular complexity index is 981. The van der Waals surface area contributed by atoms with E-state index in [9.17, 15) is 23.9 Å². The smallest absolute Gasteiger partial charge is 0.421 e. The van der Waals surface area contributed by atoms with E-state index in [2.05, 4.69) is 5.43 Å². The maximum Gasteiger partial charge on any atom is 0.421 e. The van der Waals surface area contributed by atoms with E-state index >= 15 is 0 Å². The minimum absolute atomic E-state index is 0.255. The first kappa shape index (κ1) is 24.7. The number of rotatable bonds is 11. The fraction of sp³-hybridized carbons (Fsp3) is 0.476. The Morgan fingerprint density at radius 2 is 2.06 bits per heavy atom. The maximum absolute atomic E-state index is 13.2.